The molecule has 1 aromatic carbocycles. The Balaban J connectivity index is 2.98. The van der Waals surface area contributed by atoms with Gasteiger partial charge < -0.3 is 10.3 Å². The quantitative estimate of drug-likeness (QED) is 0.757. The maximum Gasteiger partial charge on any atom is 0.255 e. The monoisotopic (exact) mass is 202 g/mol. The number of pyridine rings is 1. The van der Waals surface area contributed by atoms with Crippen molar-refractivity contribution in [3.8, 4) is 0 Å². The summed E-state index contributed by atoms with van der Waals surface area (Å²) in [6, 6.07) is 7.87. The number of nitrogens with two attached hydrogens (primary N) is 1. The van der Waals surface area contributed by atoms with E-state index in [1.165, 1.54) is 0 Å². The smallest absolute Gasteiger partial charge is 0.255 e. The number of benzene rings is 1. The van der Waals surface area contributed by atoms with Crippen molar-refractivity contribution in [1.29, 1.82) is 0 Å². The summed E-state index contributed by atoms with van der Waals surface area (Å²) >= 11 is 0. The predicted octanol–water partition coefficient (Wildman–Crippen LogP) is 1.31. The van der Waals surface area contributed by atoms with Crippen LogP contribution in [0.25, 0.3) is 10.9 Å². The largest absolute Gasteiger partial charge is 0.326 e. The van der Waals surface area contributed by atoms with Gasteiger partial charge >= 0.3 is 0 Å². The van der Waals surface area contributed by atoms with Gasteiger partial charge in [0.15, 0.2) is 0 Å². The average Bonchev–Trinajstić information content (AvgIpc) is 2.23. The summed E-state index contributed by atoms with van der Waals surface area (Å²) in [6.45, 7) is 2.29. The zero-order valence-electron chi connectivity index (χ0n) is 8.95. The Morgan fingerprint density at radius 2 is 2.13 bits per heavy atom. The zero-order chi connectivity index (χ0) is 11.0. The lowest BCUT2D eigenvalue weighted by atomic mass is 10.1. The molecule has 0 aliphatic carbocycles. The van der Waals surface area contributed by atoms with Crippen LogP contribution >= 0.6 is 0 Å². The van der Waals surface area contributed by atoms with E-state index < -0.39 is 0 Å². The van der Waals surface area contributed by atoms with Gasteiger partial charge in [-0.2, -0.15) is 0 Å². The van der Waals surface area contributed by atoms with Gasteiger partial charge in [0, 0.05) is 19.2 Å². The molecule has 0 bridgehead atoms. The number of aryl methyl sites for hydroxylation is 2. The van der Waals surface area contributed by atoms with Crippen molar-refractivity contribution in [1.82, 2.24) is 4.57 Å². The van der Waals surface area contributed by atoms with Gasteiger partial charge in [0.1, 0.15) is 0 Å². The van der Waals surface area contributed by atoms with Gasteiger partial charge in [-0.3, -0.25) is 4.79 Å². The lowest BCUT2D eigenvalue weighted by Crippen LogP contribution is -2.23. The van der Waals surface area contributed by atoms with Crippen molar-refractivity contribution >= 4 is 10.9 Å². The summed E-state index contributed by atoms with van der Waals surface area (Å²) in [6.07, 6.45) is 0. The van der Waals surface area contributed by atoms with E-state index in [0.29, 0.717) is 5.56 Å². The minimum absolute atomic E-state index is 0.000648. The van der Waals surface area contributed by atoms with Crippen LogP contribution < -0.4 is 11.3 Å². The second kappa shape index (κ2) is 3.51. The van der Waals surface area contributed by atoms with Crippen LogP contribution in [0.2, 0.25) is 0 Å². The molecule has 78 valence electrons. The third kappa shape index (κ3) is 1.45. The van der Waals surface area contributed by atoms with Crippen LogP contribution in [0.3, 0.4) is 0 Å². The highest BCUT2D eigenvalue weighted by Crippen LogP contribution is 2.16. The fraction of sp³-hybridized carbons (Fsp3) is 0.250. The lowest BCUT2D eigenvalue weighted by Gasteiger charge is -2.09. The summed E-state index contributed by atoms with van der Waals surface area (Å²) < 4.78 is 1.67. The number of fused-ring (bicyclic) bond motifs is 1. The average molecular weight is 202 g/mol. The summed E-state index contributed by atoms with van der Waals surface area (Å²) in [5, 5.41) is 1.07. The third-order valence-corrected chi connectivity index (χ3v) is 2.73. The molecule has 0 radical (unpaired) electrons. The van der Waals surface area contributed by atoms with E-state index in [0.717, 1.165) is 16.5 Å². The molecule has 1 heterocycles. The first-order valence-corrected chi connectivity index (χ1v) is 4.93. The van der Waals surface area contributed by atoms with Crippen molar-refractivity contribution in [3.63, 3.8) is 0 Å². The van der Waals surface area contributed by atoms with E-state index in [4.69, 9.17) is 5.73 Å². The number of nitrogens with zero attached hydrogens (tertiary/aromatic N) is 1. The van der Waals surface area contributed by atoms with E-state index >= 15 is 0 Å². The molecule has 0 atom stereocenters. The maximum absolute atomic E-state index is 11.8. The Morgan fingerprint density at radius 3 is 2.80 bits per heavy atom. The van der Waals surface area contributed by atoms with Gasteiger partial charge in [-0.15, -0.1) is 0 Å². The fourth-order valence-electron chi connectivity index (χ4n) is 1.97. The van der Waals surface area contributed by atoms with Crippen molar-refractivity contribution < 1.29 is 0 Å². The van der Waals surface area contributed by atoms with E-state index in [1.807, 2.05) is 31.2 Å². The summed E-state index contributed by atoms with van der Waals surface area (Å²) in [5.41, 5.74) is 8.29. The number of hydrogen-bond acceptors (Lipinski definition) is 2. The molecule has 15 heavy (non-hydrogen) atoms. The molecule has 0 amide bonds. The van der Waals surface area contributed by atoms with Gasteiger partial charge in [-0.05, 0) is 23.9 Å². The van der Waals surface area contributed by atoms with Gasteiger partial charge in [-0.25, -0.2) is 0 Å². The second-order valence-corrected chi connectivity index (χ2v) is 3.75. The van der Waals surface area contributed by atoms with Crippen LogP contribution in [0, 0.1) is 6.92 Å². The summed E-state index contributed by atoms with van der Waals surface area (Å²) in [7, 11) is 1.79. The van der Waals surface area contributed by atoms with E-state index in [-0.39, 0.29) is 12.1 Å². The third-order valence-electron chi connectivity index (χ3n) is 2.73. The molecule has 3 heteroatoms. The Morgan fingerprint density at radius 1 is 1.40 bits per heavy atom. The van der Waals surface area contributed by atoms with Gasteiger partial charge in [0.2, 0.25) is 0 Å². The molecule has 0 spiro atoms. The van der Waals surface area contributed by atoms with Gasteiger partial charge in [0.05, 0.1) is 5.52 Å². The summed E-state index contributed by atoms with van der Waals surface area (Å²) in [4.78, 5) is 11.8. The molecule has 0 saturated heterocycles. The minimum atomic E-state index is -0.000648. The Kier molecular flexibility index (Phi) is 2.32. The molecule has 3 nitrogen and oxygen atoms in total. The van der Waals surface area contributed by atoms with Crippen LogP contribution in [0.4, 0.5) is 0 Å². The van der Waals surface area contributed by atoms with E-state index in [9.17, 15) is 4.79 Å². The van der Waals surface area contributed by atoms with Crippen LogP contribution in [0.5, 0.6) is 0 Å². The second-order valence-electron chi connectivity index (χ2n) is 3.75. The van der Waals surface area contributed by atoms with E-state index in [1.54, 1.807) is 11.6 Å². The van der Waals surface area contributed by atoms with Gasteiger partial charge in [0.25, 0.3) is 5.56 Å². The number of para-hydroxylation sites is 1. The predicted molar refractivity (Wildman–Crippen MR) is 61.8 cm³/mol. The maximum atomic E-state index is 11.8. The fourth-order valence-corrected chi connectivity index (χ4v) is 1.97. The molecular weight excluding hydrogens is 188 g/mol. The molecule has 0 fully saturated rings. The standard InChI is InChI=1S/C12H14N2O/c1-8-4-3-5-9-6-10(7-13)12(15)14(2)11(8)9/h3-6H,7,13H2,1-2H3. The van der Waals surface area contributed by atoms with Crippen LogP contribution in [0.1, 0.15) is 11.1 Å². The van der Waals surface area contributed by atoms with Crippen LogP contribution in [-0.2, 0) is 13.6 Å². The Hall–Kier alpha value is -1.61. The van der Waals surface area contributed by atoms with Gasteiger partial charge in [-0.1, -0.05) is 18.2 Å². The molecule has 0 aliphatic heterocycles. The SMILES string of the molecule is Cc1cccc2cc(CN)c(=O)n(C)c12. The molecule has 2 aromatic rings. The molecule has 2 rings (SSSR count). The van der Waals surface area contributed by atoms with Crippen molar-refractivity contribution in [2.45, 2.75) is 13.5 Å². The number of hydrogen-bond donors (Lipinski definition) is 1. The summed E-state index contributed by atoms with van der Waals surface area (Å²) in [5.74, 6) is 0. The van der Waals surface area contributed by atoms with Crippen molar-refractivity contribution in [2.24, 2.45) is 12.8 Å². The van der Waals surface area contributed by atoms with Crippen LogP contribution in [0.15, 0.2) is 29.1 Å². The first-order chi connectivity index (χ1) is 7.15. The molecule has 2 N–H and O–H groups in total. The highest BCUT2D eigenvalue weighted by molar-refractivity contribution is 5.82. The van der Waals surface area contributed by atoms with Crippen molar-refractivity contribution in [2.75, 3.05) is 0 Å². The minimum Gasteiger partial charge on any atom is -0.326 e. The highest BCUT2D eigenvalue weighted by Gasteiger charge is 2.06. The molecule has 0 unspecified atom stereocenters. The molecule has 0 saturated carbocycles. The Labute approximate surface area is 88.1 Å². The molecule has 1 aromatic heterocycles. The topological polar surface area (TPSA) is 48.0 Å². The molecular formula is C12H14N2O. The number of aromatic nitrogens is 1. The van der Waals surface area contributed by atoms with Crippen molar-refractivity contribution in [3.05, 3.63) is 45.7 Å². The number of rotatable bonds is 1. The zero-order valence-corrected chi connectivity index (χ0v) is 8.95. The first kappa shape index (κ1) is 9.93. The highest BCUT2D eigenvalue weighted by atomic mass is 16.1. The lowest BCUT2D eigenvalue weighted by molar-refractivity contribution is 0.866. The van der Waals surface area contributed by atoms with Crippen LogP contribution in [-0.4, -0.2) is 4.57 Å². The normalized spacial score (nSPS) is 10.9. The van der Waals surface area contributed by atoms with E-state index in [2.05, 4.69) is 0 Å². The Bertz CT molecular complexity index is 570. The molecule has 0 aliphatic rings. The first-order valence-electron chi connectivity index (χ1n) is 4.93.